The van der Waals surface area contributed by atoms with Crippen LogP contribution in [0.15, 0.2) is 315 Å². The van der Waals surface area contributed by atoms with Crippen molar-refractivity contribution in [3.8, 4) is 72.4 Å². The molecule has 15 rings (SSSR count). The summed E-state index contributed by atoms with van der Waals surface area (Å²) in [6.07, 6.45) is 0. The Balaban J connectivity index is 0.770. The number of hydrogen-bond acceptors (Lipinski definition) is 1. The highest BCUT2D eigenvalue weighted by atomic mass is 15.1. The first kappa shape index (κ1) is 46.7. The molecular weight excluding hydrogens is 965 g/mol. The molecule has 0 spiro atoms. The molecule has 374 valence electrons. The third kappa shape index (κ3) is 8.30. The fourth-order valence-corrected chi connectivity index (χ4v) is 12.3. The molecule has 0 aliphatic carbocycles. The highest BCUT2D eigenvalue weighted by Gasteiger charge is 2.19. The molecule has 0 aliphatic heterocycles. The predicted octanol–water partition coefficient (Wildman–Crippen LogP) is 21.7. The highest BCUT2D eigenvalue weighted by molar-refractivity contribution is 6.21. The van der Waals surface area contributed by atoms with E-state index in [1.54, 1.807) is 0 Å². The van der Waals surface area contributed by atoms with E-state index in [0.29, 0.717) is 0 Å². The molecule has 0 atom stereocenters. The lowest BCUT2D eigenvalue weighted by Gasteiger charge is -2.26. The summed E-state index contributed by atoms with van der Waals surface area (Å²) in [4.78, 5) is 2.37. The lowest BCUT2D eigenvalue weighted by molar-refractivity contribution is 1.18. The predicted molar refractivity (Wildman–Crippen MR) is 341 cm³/mol. The molecule has 1 aromatic heterocycles. The van der Waals surface area contributed by atoms with E-state index in [9.17, 15) is 0 Å². The monoisotopic (exact) mass is 1020 g/mol. The Morgan fingerprint density at radius 2 is 0.537 bits per heavy atom. The molecule has 0 aliphatic rings. The average Bonchev–Trinajstić information content (AvgIpc) is 4.07. The van der Waals surface area contributed by atoms with Crippen LogP contribution < -0.4 is 4.90 Å². The third-order valence-electron chi connectivity index (χ3n) is 16.2. The molecule has 2 nitrogen and oxygen atoms in total. The van der Waals surface area contributed by atoms with Crippen molar-refractivity contribution in [2.24, 2.45) is 0 Å². The van der Waals surface area contributed by atoms with E-state index in [-0.39, 0.29) is 0 Å². The van der Waals surface area contributed by atoms with Gasteiger partial charge in [-0.1, -0.05) is 243 Å². The zero-order chi connectivity index (χ0) is 52.9. The highest BCUT2D eigenvalue weighted by Crippen LogP contribution is 2.45. The van der Waals surface area contributed by atoms with Crippen LogP contribution in [0.4, 0.5) is 17.1 Å². The van der Waals surface area contributed by atoms with Gasteiger partial charge in [0.1, 0.15) is 0 Å². The van der Waals surface area contributed by atoms with Gasteiger partial charge in [0.2, 0.25) is 0 Å². The van der Waals surface area contributed by atoms with Gasteiger partial charge in [-0.05, 0) is 172 Å². The van der Waals surface area contributed by atoms with Crippen LogP contribution in [0.3, 0.4) is 0 Å². The van der Waals surface area contributed by atoms with Crippen molar-refractivity contribution in [1.82, 2.24) is 4.57 Å². The van der Waals surface area contributed by atoms with E-state index >= 15 is 0 Å². The first-order chi connectivity index (χ1) is 39.7. The summed E-state index contributed by atoms with van der Waals surface area (Å²) in [7, 11) is 0. The van der Waals surface area contributed by atoms with Crippen LogP contribution in [0, 0.1) is 0 Å². The van der Waals surface area contributed by atoms with Gasteiger partial charge < -0.3 is 9.47 Å². The molecule has 0 N–H and O–H groups in total. The Bertz CT molecular complexity index is 4690. The van der Waals surface area contributed by atoms with Gasteiger partial charge in [0.05, 0.1) is 11.0 Å². The fourth-order valence-electron chi connectivity index (χ4n) is 12.3. The van der Waals surface area contributed by atoms with Crippen molar-refractivity contribution in [3.63, 3.8) is 0 Å². The summed E-state index contributed by atoms with van der Waals surface area (Å²) < 4.78 is 2.37. The second kappa shape index (κ2) is 19.8. The first-order valence-electron chi connectivity index (χ1n) is 27.6. The molecule has 0 saturated heterocycles. The van der Waals surface area contributed by atoms with E-state index in [1.165, 1.54) is 115 Å². The van der Waals surface area contributed by atoms with Crippen molar-refractivity contribution in [2.45, 2.75) is 0 Å². The minimum atomic E-state index is 1.08. The van der Waals surface area contributed by atoms with Gasteiger partial charge in [-0.25, -0.2) is 0 Å². The van der Waals surface area contributed by atoms with Crippen LogP contribution in [-0.2, 0) is 0 Å². The second-order valence-electron chi connectivity index (χ2n) is 20.8. The van der Waals surface area contributed by atoms with Crippen molar-refractivity contribution in [3.05, 3.63) is 315 Å². The molecule has 15 aromatic rings. The van der Waals surface area contributed by atoms with E-state index < -0.39 is 0 Å². The Morgan fingerprint density at radius 1 is 0.200 bits per heavy atom. The molecule has 2 heteroatoms. The van der Waals surface area contributed by atoms with Crippen LogP contribution in [-0.4, -0.2) is 4.57 Å². The van der Waals surface area contributed by atoms with Gasteiger partial charge in [-0.15, -0.1) is 0 Å². The van der Waals surface area contributed by atoms with Crippen LogP contribution in [0.25, 0.3) is 127 Å². The maximum Gasteiger partial charge on any atom is 0.0541 e. The summed E-state index contributed by atoms with van der Waals surface area (Å²) in [5.41, 5.74) is 21.3. The van der Waals surface area contributed by atoms with Crippen molar-refractivity contribution >= 4 is 71.2 Å². The third-order valence-corrected chi connectivity index (χ3v) is 16.2. The lowest BCUT2D eigenvalue weighted by atomic mass is 9.86. The molecule has 0 bridgehead atoms. The van der Waals surface area contributed by atoms with E-state index in [0.717, 1.165) is 28.3 Å². The van der Waals surface area contributed by atoms with Crippen LogP contribution in [0.2, 0.25) is 0 Å². The number of rotatable bonds is 10. The Hall–Kier alpha value is -10.5. The number of aromatic nitrogens is 1. The van der Waals surface area contributed by atoms with Crippen LogP contribution in [0.5, 0.6) is 0 Å². The number of nitrogens with zero attached hydrogens (tertiary/aromatic N) is 2. The summed E-state index contributed by atoms with van der Waals surface area (Å²) in [5.74, 6) is 0. The largest absolute Gasteiger partial charge is 0.311 e. The Labute approximate surface area is 466 Å². The Morgan fingerprint density at radius 3 is 1.05 bits per heavy atom. The smallest absolute Gasteiger partial charge is 0.0541 e. The van der Waals surface area contributed by atoms with Crippen LogP contribution >= 0.6 is 0 Å². The number of hydrogen-bond donors (Lipinski definition) is 0. The van der Waals surface area contributed by atoms with E-state index in [2.05, 4.69) is 325 Å². The number of para-hydroxylation sites is 2. The molecule has 0 saturated carbocycles. The molecule has 0 fully saturated rings. The van der Waals surface area contributed by atoms with Gasteiger partial charge in [-0.3, -0.25) is 0 Å². The quantitative estimate of drug-likeness (QED) is 0.124. The fraction of sp³-hybridized carbons (Fsp3) is 0. The molecule has 1 heterocycles. The minimum absolute atomic E-state index is 1.08. The van der Waals surface area contributed by atoms with Gasteiger partial charge in [-0.2, -0.15) is 0 Å². The summed E-state index contributed by atoms with van der Waals surface area (Å²) in [6.45, 7) is 0. The summed E-state index contributed by atoms with van der Waals surface area (Å²) >= 11 is 0. The number of benzene rings is 14. The molecule has 0 radical (unpaired) electrons. The Kier molecular flexibility index (Phi) is 11.6. The molecule has 14 aromatic carbocycles. The topological polar surface area (TPSA) is 8.17 Å². The lowest BCUT2D eigenvalue weighted by Crippen LogP contribution is -2.09. The van der Waals surface area contributed by atoms with Gasteiger partial charge in [0.15, 0.2) is 0 Å². The van der Waals surface area contributed by atoms with Crippen molar-refractivity contribution < 1.29 is 0 Å². The summed E-state index contributed by atoms with van der Waals surface area (Å²) in [5, 5.41) is 10.0. The zero-order valence-corrected chi connectivity index (χ0v) is 43.9. The normalized spacial score (nSPS) is 11.5. The van der Waals surface area contributed by atoms with Gasteiger partial charge >= 0.3 is 0 Å². The maximum atomic E-state index is 2.37. The maximum absolute atomic E-state index is 2.37. The van der Waals surface area contributed by atoms with Crippen molar-refractivity contribution in [1.29, 1.82) is 0 Å². The standard InChI is InChI=1S/C78H52N2/c1-3-16-60(17-4-1)77-70-22-9-11-24-72(70)78(73-25-12-10-23-71(73)77)61-34-31-55(32-35-61)57-39-46-67(47-40-57)79(66-44-37-56(38-45-66)54-27-29-58(30-28-54)63-36-33-53-15-7-8-18-62(53)51-63)68-48-41-59(42-49-68)64-43-50-76-74(52-64)69-21-13-14-26-75(69)80(76)65-19-5-2-6-20-65/h1-52H. The van der Waals surface area contributed by atoms with Gasteiger partial charge in [0.25, 0.3) is 0 Å². The van der Waals surface area contributed by atoms with Gasteiger partial charge in [0, 0.05) is 33.5 Å². The minimum Gasteiger partial charge on any atom is -0.311 e. The van der Waals surface area contributed by atoms with Crippen LogP contribution in [0.1, 0.15) is 0 Å². The SMILES string of the molecule is c1ccc(-c2c3ccccc3c(-c3ccc(-c4ccc(N(c5ccc(-c6ccc(-c7ccc8ccccc8c7)cc6)cc5)c5ccc(-c6ccc7c(c6)c6ccccc6n7-c6ccccc6)cc5)cc4)cc3)c3ccccc23)cc1. The molecule has 0 amide bonds. The number of fused-ring (bicyclic) bond motifs is 6. The molecule has 80 heavy (non-hydrogen) atoms. The first-order valence-corrected chi connectivity index (χ1v) is 27.6. The second-order valence-corrected chi connectivity index (χ2v) is 20.8. The molecule has 0 unspecified atom stereocenters. The summed E-state index contributed by atoms with van der Waals surface area (Å²) in [6, 6.07) is 115. The van der Waals surface area contributed by atoms with Crippen molar-refractivity contribution in [2.75, 3.05) is 4.90 Å². The number of anilines is 3. The average molecular weight is 1020 g/mol. The zero-order valence-electron chi connectivity index (χ0n) is 43.9. The molecular formula is C78H52N2. The van der Waals surface area contributed by atoms with E-state index in [1.807, 2.05) is 0 Å². The van der Waals surface area contributed by atoms with E-state index in [4.69, 9.17) is 0 Å².